The Balaban J connectivity index is 0. The van der Waals surface area contributed by atoms with Crippen molar-refractivity contribution in [3.63, 3.8) is 0 Å². The van der Waals surface area contributed by atoms with Crippen LogP contribution in [0, 0.1) is 0 Å². The fraction of sp³-hybridized carbons (Fsp3) is 0.870. The lowest BCUT2D eigenvalue weighted by Crippen LogP contribution is -1.91. The summed E-state index contributed by atoms with van der Waals surface area (Å²) in [5.74, 6) is -0.394. The smallest absolute Gasteiger partial charge is 0.329 e. The molecule has 0 amide bonds. The molecule has 2 nitrogen and oxygen atoms in total. The lowest BCUT2D eigenvalue weighted by atomic mass is 10.0. The van der Waals surface area contributed by atoms with E-state index in [4.69, 9.17) is 0 Å². The first-order valence-corrected chi connectivity index (χ1v) is 10.9. The second-order valence-electron chi connectivity index (χ2n) is 7.03. The van der Waals surface area contributed by atoms with Gasteiger partial charge in [-0.25, -0.2) is 4.79 Å². The van der Waals surface area contributed by atoms with Crippen molar-refractivity contribution in [2.45, 2.75) is 123 Å². The quantitative estimate of drug-likeness (QED) is 0.150. The number of ether oxygens (including phenoxy) is 1. The minimum atomic E-state index is -0.394. The Kier molecular flexibility index (Phi) is 26.9. The first kappa shape index (κ1) is 26.4. The Morgan fingerprint density at radius 3 is 1.00 bits per heavy atom. The zero-order valence-electron chi connectivity index (χ0n) is 17.6. The third-order valence-electron chi connectivity index (χ3n) is 4.57. The summed E-state index contributed by atoms with van der Waals surface area (Å²) in [6.07, 6.45) is 26.0. The number of unbranched alkanes of at least 4 members (excludes halogenated alkanes) is 16. The van der Waals surface area contributed by atoms with Gasteiger partial charge in [0.05, 0.1) is 7.11 Å². The molecule has 150 valence electrons. The fourth-order valence-corrected chi connectivity index (χ4v) is 2.88. The first-order valence-electron chi connectivity index (χ1n) is 10.9. The summed E-state index contributed by atoms with van der Waals surface area (Å²) in [5.41, 5.74) is 0. The molecule has 0 aromatic heterocycles. The van der Waals surface area contributed by atoms with Crippen LogP contribution in [0.1, 0.15) is 123 Å². The van der Waals surface area contributed by atoms with Crippen molar-refractivity contribution in [3.8, 4) is 0 Å². The highest BCUT2D eigenvalue weighted by Crippen LogP contribution is 2.13. The summed E-state index contributed by atoms with van der Waals surface area (Å²) in [6.45, 7) is 7.75. The van der Waals surface area contributed by atoms with E-state index in [2.05, 4.69) is 25.2 Å². The second kappa shape index (κ2) is 25.5. The first-order chi connectivity index (χ1) is 12.2. The molecular formula is C23H46O2. The van der Waals surface area contributed by atoms with Gasteiger partial charge < -0.3 is 4.74 Å². The van der Waals surface area contributed by atoms with Crippen molar-refractivity contribution in [2.75, 3.05) is 7.11 Å². The average molecular weight is 355 g/mol. The Bertz CT molecular complexity index is 245. The van der Waals surface area contributed by atoms with E-state index in [9.17, 15) is 4.79 Å². The standard InChI is InChI=1S/C19H40.C4H6O2/c1-3-5-7-9-11-13-15-17-19-18-16-14-12-10-8-6-4-2;1-3-4(5)6-2/h3-19H2,1-2H3;3H,1H2,2H3. The van der Waals surface area contributed by atoms with Crippen LogP contribution < -0.4 is 0 Å². The number of methoxy groups -OCH3 is 1. The van der Waals surface area contributed by atoms with Crippen molar-refractivity contribution in [1.29, 1.82) is 0 Å². The maximum absolute atomic E-state index is 9.84. The molecule has 0 saturated heterocycles. The minimum absolute atomic E-state index is 0.394. The van der Waals surface area contributed by atoms with Gasteiger partial charge in [-0.2, -0.15) is 0 Å². The van der Waals surface area contributed by atoms with E-state index >= 15 is 0 Å². The predicted octanol–water partition coefficient (Wildman–Crippen LogP) is 8.00. The molecule has 0 heterocycles. The molecule has 0 bridgehead atoms. The molecule has 25 heavy (non-hydrogen) atoms. The fourth-order valence-electron chi connectivity index (χ4n) is 2.88. The van der Waals surface area contributed by atoms with E-state index < -0.39 is 5.97 Å². The Morgan fingerprint density at radius 1 is 0.640 bits per heavy atom. The topological polar surface area (TPSA) is 26.3 Å². The van der Waals surface area contributed by atoms with Crippen LogP contribution in [0.5, 0.6) is 0 Å². The Hall–Kier alpha value is -0.790. The van der Waals surface area contributed by atoms with E-state index in [0.29, 0.717) is 0 Å². The molecule has 0 aromatic carbocycles. The molecule has 0 unspecified atom stereocenters. The SMILES string of the molecule is C=CC(=O)OC.CCCCCCCCCCCCCCCCCCC. The van der Waals surface area contributed by atoms with Crippen LogP contribution in [0.3, 0.4) is 0 Å². The van der Waals surface area contributed by atoms with Crippen LogP contribution in [0.2, 0.25) is 0 Å². The predicted molar refractivity (Wildman–Crippen MR) is 112 cm³/mol. The summed E-state index contributed by atoms with van der Waals surface area (Å²) < 4.78 is 4.14. The van der Waals surface area contributed by atoms with Crippen LogP contribution in [-0.2, 0) is 9.53 Å². The molecule has 0 atom stereocenters. The average Bonchev–Trinajstić information content (AvgIpc) is 2.64. The maximum Gasteiger partial charge on any atom is 0.329 e. The molecule has 0 rings (SSSR count). The molecule has 0 fully saturated rings. The van der Waals surface area contributed by atoms with Crippen LogP contribution >= 0.6 is 0 Å². The molecule has 0 aromatic rings. The summed E-state index contributed by atoms with van der Waals surface area (Å²) in [4.78, 5) is 9.84. The van der Waals surface area contributed by atoms with Gasteiger partial charge in [-0.15, -0.1) is 0 Å². The van der Waals surface area contributed by atoms with Crippen molar-refractivity contribution in [2.24, 2.45) is 0 Å². The molecule has 0 spiro atoms. The highest BCUT2D eigenvalue weighted by atomic mass is 16.5. The molecule has 0 radical (unpaired) electrons. The summed E-state index contributed by atoms with van der Waals surface area (Å²) in [5, 5.41) is 0. The van der Waals surface area contributed by atoms with Crippen molar-refractivity contribution < 1.29 is 9.53 Å². The molecule has 0 N–H and O–H groups in total. The van der Waals surface area contributed by atoms with Crippen molar-refractivity contribution >= 4 is 5.97 Å². The van der Waals surface area contributed by atoms with Gasteiger partial charge in [-0.05, 0) is 0 Å². The van der Waals surface area contributed by atoms with Gasteiger partial charge in [0.25, 0.3) is 0 Å². The number of rotatable bonds is 17. The Morgan fingerprint density at radius 2 is 0.880 bits per heavy atom. The Labute approximate surface area is 158 Å². The van der Waals surface area contributed by atoms with Crippen LogP contribution in [0.25, 0.3) is 0 Å². The van der Waals surface area contributed by atoms with Gasteiger partial charge in [0.15, 0.2) is 0 Å². The highest BCUT2D eigenvalue weighted by molar-refractivity contribution is 5.80. The van der Waals surface area contributed by atoms with Gasteiger partial charge in [-0.3, -0.25) is 0 Å². The van der Waals surface area contributed by atoms with Crippen molar-refractivity contribution in [3.05, 3.63) is 12.7 Å². The minimum Gasteiger partial charge on any atom is -0.466 e. The van der Waals surface area contributed by atoms with Gasteiger partial charge >= 0.3 is 5.97 Å². The molecule has 0 aliphatic carbocycles. The number of hydrogen-bond donors (Lipinski definition) is 0. The highest BCUT2D eigenvalue weighted by Gasteiger charge is 1.94. The number of hydrogen-bond acceptors (Lipinski definition) is 2. The van der Waals surface area contributed by atoms with Crippen LogP contribution in [-0.4, -0.2) is 13.1 Å². The molecule has 2 heteroatoms. The van der Waals surface area contributed by atoms with E-state index in [1.54, 1.807) is 0 Å². The van der Waals surface area contributed by atoms with Gasteiger partial charge in [0.2, 0.25) is 0 Å². The largest absolute Gasteiger partial charge is 0.466 e. The zero-order valence-corrected chi connectivity index (χ0v) is 17.6. The van der Waals surface area contributed by atoms with Gasteiger partial charge in [0.1, 0.15) is 0 Å². The number of esters is 1. The third kappa shape index (κ3) is 28.3. The normalized spacial score (nSPS) is 10.0. The molecule has 0 aliphatic heterocycles. The summed E-state index contributed by atoms with van der Waals surface area (Å²) in [6, 6.07) is 0. The van der Waals surface area contributed by atoms with Crippen LogP contribution in [0.4, 0.5) is 0 Å². The third-order valence-corrected chi connectivity index (χ3v) is 4.57. The van der Waals surface area contributed by atoms with Crippen LogP contribution in [0.15, 0.2) is 12.7 Å². The van der Waals surface area contributed by atoms with Crippen molar-refractivity contribution in [1.82, 2.24) is 0 Å². The lowest BCUT2D eigenvalue weighted by Gasteiger charge is -2.03. The van der Waals surface area contributed by atoms with E-state index in [1.807, 2.05) is 0 Å². The van der Waals surface area contributed by atoms with E-state index in [-0.39, 0.29) is 0 Å². The molecular weight excluding hydrogens is 308 g/mol. The molecule has 0 saturated carbocycles. The summed E-state index contributed by atoms with van der Waals surface area (Å²) >= 11 is 0. The zero-order chi connectivity index (χ0) is 19.0. The second-order valence-corrected chi connectivity index (χ2v) is 7.03. The van der Waals surface area contributed by atoms with E-state index in [0.717, 1.165) is 6.08 Å². The monoisotopic (exact) mass is 354 g/mol. The number of carbonyl (C=O) groups excluding carboxylic acids is 1. The maximum atomic E-state index is 9.84. The summed E-state index contributed by atoms with van der Waals surface area (Å²) in [7, 11) is 1.31. The lowest BCUT2D eigenvalue weighted by molar-refractivity contribution is -0.134. The van der Waals surface area contributed by atoms with E-state index in [1.165, 1.54) is 116 Å². The number of carbonyl (C=O) groups is 1. The van der Waals surface area contributed by atoms with Gasteiger partial charge in [0, 0.05) is 6.08 Å². The molecule has 0 aliphatic rings. The van der Waals surface area contributed by atoms with Gasteiger partial charge in [-0.1, -0.05) is 130 Å².